The standard InChI is InChI=1S/C13H18N4O2S/c1-2-3-6-17(8-11(14)18)13(19)10-5-4-9(7-16-10)12(15)20/h4-5,7H,2-3,6,8H2,1H3,(H2,14,18)(H2,15,20). The van der Waals surface area contributed by atoms with Crippen molar-refractivity contribution in [2.24, 2.45) is 11.5 Å². The van der Waals surface area contributed by atoms with Crippen molar-refractivity contribution in [3.8, 4) is 0 Å². The maximum atomic E-state index is 12.3. The number of carbonyl (C=O) groups excluding carboxylic acids is 2. The van der Waals surface area contributed by atoms with Gasteiger partial charge in [0, 0.05) is 18.3 Å². The summed E-state index contributed by atoms with van der Waals surface area (Å²) in [6.45, 7) is 2.36. The third-order valence-electron chi connectivity index (χ3n) is 2.68. The van der Waals surface area contributed by atoms with E-state index in [0.29, 0.717) is 12.1 Å². The number of nitrogens with zero attached hydrogens (tertiary/aromatic N) is 2. The maximum Gasteiger partial charge on any atom is 0.272 e. The normalized spacial score (nSPS) is 10.1. The molecule has 108 valence electrons. The maximum absolute atomic E-state index is 12.3. The first kappa shape index (κ1) is 16.0. The molecule has 0 saturated carbocycles. The van der Waals surface area contributed by atoms with Crippen LogP contribution in [-0.2, 0) is 4.79 Å². The molecule has 1 aromatic heterocycles. The largest absolute Gasteiger partial charge is 0.389 e. The van der Waals surface area contributed by atoms with Crippen molar-refractivity contribution in [1.82, 2.24) is 9.88 Å². The highest BCUT2D eigenvalue weighted by molar-refractivity contribution is 7.80. The number of primary amides is 1. The van der Waals surface area contributed by atoms with Crippen molar-refractivity contribution in [3.05, 3.63) is 29.6 Å². The minimum Gasteiger partial charge on any atom is -0.389 e. The van der Waals surface area contributed by atoms with Crippen LogP contribution in [0, 0.1) is 0 Å². The van der Waals surface area contributed by atoms with Gasteiger partial charge in [0.1, 0.15) is 10.7 Å². The molecule has 2 amide bonds. The van der Waals surface area contributed by atoms with Gasteiger partial charge in [-0.25, -0.2) is 0 Å². The Morgan fingerprint density at radius 2 is 2.05 bits per heavy atom. The first-order valence-corrected chi connectivity index (χ1v) is 6.70. The molecule has 0 bridgehead atoms. The number of rotatable bonds is 7. The van der Waals surface area contributed by atoms with E-state index >= 15 is 0 Å². The third-order valence-corrected chi connectivity index (χ3v) is 2.92. The van der Waals surface area contributed by atoms with Gasteiger partial charge in [-0.05, 0) is 18.6 Å². The highest BCUT2D eigenvalue weighted by Gasteiger charge is 2.18. The summed E-state index contributed by atoms with van der Waals surface area (Å²) in [6.07, 6.45) is 3.15. The summed E-state index contributed by atoms with van der Waals surface area (Å²) in [4.78, 5) is 28.9. The molecule has 0 fully saturated rings. The Labute approximate surface area is 123 Å². The van der Waals surface area contributed by atoms with E-state index in [1.807, 2.05) is 6.92 Å². The van der Waals surface area contributed by atoms with Crippen LogP contribution in [0.5, 0.6) is 0 Å². The van der Waals surface area contributed by atoms with Gasteiger partial charge in [-0.3, -0.25) is 14.6 Å². The molecule has 0 aliphatic heterocycles. The zero-order valence-corrected chi connectivity index (χ0v) is 12.2. The molecule has 0 saturated heterocycles. The minimum atomic E-state index is -0.547. The van der Waals surface area contributed by atoms with Crippen LogP contribution < -0.4 is 11.5 Å². The van der Waals surface area contributed by atoms with Gasteiger partial charge in [0.05, 0.1) is 6.54 Å². The van der Waals surface area contributed by atoms with Crippen LogP contribution in [0.3, 0.4) is 0 Å². The first-order valence-electron chi connectivity index (χ1n) is 6.29. The molecule has 7 heteroatoms. The number of nitrogens with two attached hydrogens (primary N) is 2. The zero-order valence-electron chi connectivity index (χ0n) is 11.3. The minimum absolute atomic E-state index is 0.114. The van der Waals surface area contributed by atoms with Crippen molar-refractivity contribution in [1.29, 1.82) is 0 Å². The Morgan fingerprint density at radius 1 is 1.35 bits per heavy atom. The molecule has 20 heavy (non-hydrogen) atoms. The van der Waals surface area contributed by atoms with Crippen LogP contribution in [0.15, 0.2) is 18.3 Å². The monoisotopic (exact) mass is 294 g/mol. The summed E-state index contributed by atoms with van der Waals surface area (Å²) in [5, 5.41) is 0. The number of pyridine rings is 1. The van der Waals surface area contributed by atoms with Crippen molar-refractivity contribution in [2.75, 3.05) is 13.1 Å². The fourth-order valence-electron chi connectivity index (χ4n) is 1.62. The molecular formula is C13H18N4O2S. The number of hydrogen-bond donors (Lipinski definition) is 2. The smallest absolute Gasteiger partial charge is 0.272 e. The second-order valence-electron chi connectivity index (χ2n) is 4.34. The SMILES string of the molecule is CCCCN(CC(N)=O)C(=O)c1ccc(C(N)=S)cn1. The predicted molar refractivity (Wildman–Crippen MR) is 80.1 cm³/mol. The summed E-state index contributed by atoms with van der Waals surface area (Å²) in [7, 11) is 0. The zero-order chi connectivity index (χ0) is 15.1. The Kier molecular flexibility index (Phi) is 6.05. The Morgan fingerprint density at radius 3 is 2.50 bits per heavy atom. The molecule has 4 N–H and O–H groups in total. The van der Waals surface area contributed by atoms with Crippen LogP contribution in [-0.4, -0.2) is 39.8 Å². The molecule has 0 unspecified atom stereocenters. The number of carbonyl (C=O) groups is 2. The lowest BCUT2D eigenvalue weighted by Gasteiger charge is -2.20. The number of aromatic nitrogens is 1. The van der Waals surface area contributed by atoms with Crippen LogP contribution in [0.1, 0.15) is 35.8 Å². The molecule has 1 rings (SSSR count). The van der Waals surface area contributed by atoms with Crippen molar-refractivity contribution in [2.45, 2.75) is 19.8 Å². The van der Waals surface area contributed by atoms with Crippen molar-refractivity contribution < 1.29 is 9.59 Å². The van der Waals surface area contributed by atoms with E-state index in [9.17, 15) is 9.59 Å². The lowest BCUT2D eigenvalue weighted by molar-refractivity contribution is -0.118. The third kappa shape index (κ3) is 4.58. The van der Waals surface area contributed by atoms with Gasteiger partial charge < -0.3 is 16.4 Å². The predicted octanol–water partition coefficient (Wildman–Crippen LogP) is 0.443. The average Bonchev–Trinajstić information content (AvgIpc) is 2.42. The number of hydrogen-bond acceptors (Lipinski definition) is 4. The molecular weight excluding hydrogens is 276 g/mol. The molecule has 1 heterocycles. The van der Waals surface area contributed by atoms with E-state index < -0.39 is 5.91 Å². The second kappa shape index (κ2) is 7.54. The van der Waals surface area contributed by atoms with E-state index in [1.165, 1.54) is 17.2 Å². The number of unbranched alkanes of at least 4 members (excludes halogenated alkanes) is 1. The molecule has 0 atom stereocenters. The van der Waals surface area contributed by atoms with E-state index in [2.05, 4.69) is 4.98 Å². The van der Waals surface area contributed by atoms with Crippen molar-refractivity contribution >= 4 is 29.0 Å². The summed E-state index contributed by atoms with van der Waals surface area (Å²) in [6, 6.07) is 3.17. The fraction of sp³-hybridized carbons (Fsp3) is 0.385. The molecule has 0 aliphatic rings. The molecule has 1 aromatic rings. The van der Waals surface area contributed by atoms with Gasteiger partial charge in [0.15, 0.2) is 0 Å². The van der Waals surface area contributed by atoms with Gasteiger partial charge >= 0.3 is 0 Å². The quantitative estimate of drug-likeness (QED) is 0.711. The summed E-state index contributed by atoms with van der Waals surface area (Å²) in [5.74, 6) is -0.874. The Bertz CT molecular complexity index is 502. The van der Waals surface area contributed by atoms with Crippen LogP contribution in [0.2, 0.25) is 0 Å². The lowest BCUT2D eigenvalue weighted by atomic mass is 10.2. The van der Waals surface area contributed by atoms with Gasteiger partial charge in [0.25, 0.3) is 5.91 Å². The van der Waals surface area contributed by atoms with Gasteiger partial charge in [-0.2, -0.15) is 0 Å². The summed E-state index contributed by atoms with van der Waals surface area (Å²) in [5.41, 5.74) is 11.5. The molecule has 0 spiro atoms. The Hall–Kier alpha value is -2.02. The van der Waals surface area contributed by atoms with Crippen LogP contribution >= 0.6 is 12.2 Å². The second-order valence-corrected chi connectivity index (χ2v) is 4.78. The number of thiocarbonyl (C=S) groups is 1. The Balaban J connectivity index is 2.87. The van der Waals surface area contributed by atoms with Crippen molar-refractivity contribution in [3.63, 3.8) is 0 Å². The fourth-order valence-corrected chi connectivity index (χ4v) is 1.74. The molecule has 0 radical (unpaired) electrons. The highest BCUT2D eigenvalue weighted by Crippen LogP contribution is 2.06. The van der Waals surface area contributed by atoms with E-state index in [0.717, 1.165) is 12.8 Å². The highest BCUT2D eigenvalue weighted by atomic mass is 32.1. The van der Waals surface area contributed by atoms with Crippen LogP contribution in [0.25, 0.3) is 0 Å². The van der Waals surface area contributed by atoms with Crippen LogP contribution in [0.4, 0.5) is 0 Å². The van der Waals surface area contributed by atoms with E-state index in [1.54, 1.807) is 6.07 Å². The average molecular weight is 294 g/mol. The summed E-state index contributed by atoms with van der Waals surface area (Å²) >= 11 is 4.82. The molecule has 0 aromatic carbocycles. The lowest BCUT2D eigenvalue weighted by Crippen LogP contribution is -2.39. The topological polar surface area (TPSA) is 102 Å². The van der Waals surface area contributed by atoms with E-state index in [-0.39, 0.29) is 23.1 Å². The molecule has 6 nitrogen and oxygen atoms in total. The van der Waals surface area contributed by atoms with Gasteiger partial charge in [-0.15, -0.1) is 0 Å². The van der Waals surface area contributed by atoms with Gasteiger partial charge in [0.2, 0.25) is 5.91 Å². The van der Waals surface area contributed by atoms with E-state index in [4.69, 9.17) is 23.7 Å². The first-order chi connectivity index (χ1) is 9.45. The molecule has 0 aliphatic carbocycles. The summed E-state index contributed by atoms with van der Waals surface area (Å²) < 4.78 is 0. The number of amides is 2. The van der Waals surface area contributed by atoms with Gasteiger partial charge in [-0.1, -0.05) is 25.6 Å².